The Morgan fingerprint density at radius 3 is 2.59 bits per heavy atom. The Bertz CT molecular complexity index is 544. The van der Waals surface area contributed by atoms with Crippen LogP contribution in [-0.4, -0.2) is 25.8 Å². The first-order chi connectivity index (χ1) is 7.73. The zero-order valence-corrected chi connectivity index (χ0v) is 12.4. The van der Waals surface area contributed by atoms with E-state index in [0.29, 0.717) is 15.2 Å². The molecule has 1 unspecified atom stereocenters. The van der Waals surface area contributed by atoms with Crippen LogP contribution in [-0.2, 0) is 14.6 Å². The van der Waals surface area contributed by atoms with Crippen molar-refractivity contribution in [2.45, 2.75) is 12.2 Å². The van der Waals surface area contributed by atoms with Crippen molar-refractivity contribution < 1.29 is 13.2 Å². The molecule has 94 valence electrons. The highest BCUT2D eigenvalue weighted by Crippen LogP contribution is 2.30. The Morgan fingerprint density at radius 2 is 2.06 bits per heavy atom. The number of carbonyl (C=O) groups excluding carboxylic acids is 1. The second-order valence-electron chi connectivity index (χ2n) is 3.56. The molecule has 0 fully saturated rings. The van der Waals surface area contributed by atoms with Crippen molar-refractivity contribution in [2.24, 2.45) is 0 Å². The molecule has 1 aromatic carbocycles. The van der Waals surface area contributed by atoms with Gasteiger partial charge in [-0.25, -0.2) is 8.42 Å². The molecule has 7 heteroatoms. The summed E-state index contributed by atoms with van der Waals surface area (Å²) in [5, 5.41) is 1.84. The van der Waals surface area contributed by atoms with Gasteiger partial charge in [0.05, 0.1) is 15.2 Å². The average Bonchev–Trinajstić information content (AvgIpc) is 2.22. The van der Waals surface area contributed by atoms with E-state index in [0.717, 1.165) is 6.26 Å². The molecule has 0 aliphatic carbocycles. The third-order valence-electron chi connectivity index (χ3n) is 2.22. The fraction of sp³-hybridized carbons (Fsp3) is 0.300. The van der Waals surface area contributed by atoms with Crippen molar-refractivity contribution >= 4 is 49.0 Å². The average molecular weight is 341 g/mol. The van der Waals surface area contributed by atoms with E-state index >= 15 is 0 Å². The molecular weight excluding hydrogens is 330 g/mol. The Morgan fingerprint density at radius 1 is 1.47 bits per heavy atom. The van der Waals surface area contributed by atoms with Gasteiger partial charge in [0, 0.05) is 6.26 Å². The van der Waals surface area contributed by atoms with Gasteiger partial charge in [0.2, 0.25) is 5.91 Å². The van der Waals surface area contributed by atoms with Gasteiger partial charge < -0.3 is 5.32 Å². The fourth-order valence-electron chi connectivity index (χ4n) is 1.03. The molecule has 1 N–H and O–H groups in total. The molecule has 0 aromatic heterocycles. The predicted molar refractivity (Wildman–Crippen MR) is 72.1 cm³/mol. The van der Waals surface area contributed by atoms with Gasteiger partial charge in [0.15, 0.2) is 9.84 Å². The first-order valence-corrected chi connectivity index (χ1v) is 7.79. The van der Waals surface area contributed by atoms with Gasteiger partial charge in [-0.3, -0.25) is 4.79 Å². The Balaban J connectivity index is 2.93. The van der Waals surface area contributed by atoms with Gasteiger partial charge in [-0.05, 0) is 35.0 Å². The number of hydrogen-bond acceptors (Lipinski definition) is 3. The van der Waals surface area contributed by atoms with Gasteiger partial charge in [0.25, 0.3) is 0 Å². The van der Waals surface area contributed by atoms with E-state index in [2.05, 4.69) is 21.2 Å². The predicted octanol–water partition coefficient (Wildman–Crippen LogP) is 2.47. The molecule has 4 nitrogen and oxygen atoms in total. The molecular formula is C10H11BrClNO3S. The highest BCUT2D eigenvalue weighted by atomic mass is 79.9. The summed E-state index contributed by atoms with van der Waals surface area (Å²) >= 11 is 9.06. The van der Waals surface area contributed by atoms with Crippen LogP contribution in [0.15, 0.2) is 22.7 Å². The Labute approximate surface area is 113 Å². The van der Waals surface area contributed by atoms with Crippen LogP contribution in [0.1, 0.15) is 6.92 Å². The number of halogens is 2. The number of nitrogens with one attached hydrogen (secondary N) is 1. The van der Waals surface area contributed by atoms with Crippen LogP contribution in [0.5, 0.6) is 0 Å². The summed E-state index contributed by atoms with van der Waals surface area (Å²) in [7, 11) is -3.41. The van der Waals surface area contributed by atoms with Crippen LogP contribution in [0.2, 0.25) is 5.02 Å². The lowest BCUT2D eigenvalue weighted by Gasteiger charge is -2.12. The van der Waals surface area contributed by atoms with Gasteiger partial charge in [0.1, 0.15) is 5.25 Å². The lowest BCUT2D eigenvalue weighted by atomic mass is 10.3. The molecule has 0 aliphatic rings. The highest BCUT2D eigenvalue weighted by Gasteiger charge is 2.24. The first kappa shape index (κ1) is 14.5. The maximum Gasteiger partial charge on any atom is 0.242 e. The van der Waals surface area contributed by atoms with Crippen molar-refractivity contribution in [1.82, 2.24) is 0 Å². The normalized spacial score (nSPS) is 13.2. The summed E-state index contributed by atoms with van der Waals surface area (Å²) in [6.45, 7) is 1.34. The molecule has 0 spiro atoms. The number of anilines is 1. The van der Waals surface area contributed by atoms with Crippen molar-refractivity contribution in [3.63, 3.8) is 0 Å². The molecule has 0 saturated heterocycles. The van der Waals surface area contributed by atoms with E-state index in [1.807, 2.05) is 0 Å². The van der Waals surface area contributed by atoms with Gasteiger partial charge in [-0.15, -0.1) is 0 Å². The summed E-state index contributed by atoms with van der Waals surface area (Å²) in [5.41, 5.74) is 0.443. The summed E-state index contributed by atoms with van der Waals surface area (Å²) in [5.74, 6) is -0.588. The lowest BCUT2D eigenvalue weighted by Crippen LogP contribution is -2.31. The minimum atomic E-state index is -3.41. The molecule has 0 aliphatic heterocycles. The SMILES string of the molecule is CC(C(=O)Nc1cccc(Cl)c1Br)S(C)(=O)=O. The third kappa shape index (κ3) is 3.69. The highest BCUT2D eigenvalue weighted by molar-refractivity contribution is 9.10. The second kappa shape index (κ2) is 5.37. The molecule has 0 saturated carbocycles. The summed E-state index contributed by atoms with van der Waals surface area (Å²) in [6.07, 6.45) is 1.02. The molecule has 0 heterocycles. The molecule has 0 bridgehead atoms. The molecule has 1 atom stereocenters. The maximum atomic E-state index is 11.7. The standard InChI is InChI=1S/C10H11BrClNO3S/c1-6(17(2,15)16)10(14)13-8-5-3-4-7(12)9(8)11/h3-6H,1-2H3,(H,13,14). The topological polar surface area (TPSA) is 63.2 Å². The van der Waals surface area contributed by atoms with Crippen LogP contribution in [0.4, 0.5) is 5.69 Å². The van der Waals surface area contributed by atoms with E-state index in [1.54, 1.807) is 18.2 Å². The Hall–Kier alpha value is -0.590. The van der Waals surface area contributed by atoms with Crippen molar-refractivity contribution in [3.05, 3.63) is 27.7 Å². The number of sulfone groups is 1. The smallest absolute Gasteiger partial charge is 0.242 e. The van der Waals surface area contributed by atoms with Crippen LogP contribution in [0, 0.1) is 0 Å². The third-order valence-corrected chi connectivity index (χ3v) is 5.12. The van der Waals surface area contributed by atoms with Crippen molar-refractivity contribution in [3.8, 4) is 0 Å². The zero-order chi connectivity index (χ0) is 13.2. The van der Waals surface area contributed by atoms with Crippen LogP contribution in [0.3, 0.4) is 0 Å². The van der Waals surface area contributed by atoms with Crippen molar-refractivity contribution in [2.75, 3.05) is 11.6 Å². The lowest BCUT2D eigenvalue weighted by molar-refractivity contribution is -0.115. The van der Waals surface area contributed by atoms with E-state index in [9.17, 15) is 13.2 Å². The van der Waals surface area contributed by atoms with Crippen LogP contribution < -0.4 is 5.32 Å². The number of amides is 1. The van der Waals surface area contributed by atoms with Crippen LogP contribution in [0.25, 0.3) is 0 Å². The minimum Gasteiger partial charge on any atom is -0.324 e. The van der Waals surface area contributed by atoms with Gasteiger partial charge in [-0.2, -0.15) is 0 Å². The maximum absolute atomic E-state index is 11.7. The summed E-state index contributed by atoms with van der Waals surface area (Å²) < 4.78 is 23.0. The van der Waals surface area contributed by atoms with E-state index in [-0.39, 0.29) is 0 Å². The Kier molecular flexibility index (Phi) is 4.57. The van der Waals surface area contributed by atoms with E-state index in [1.165, 1.54) is 6.92 Å². The molecule has 1 aromatic rings. The van der Waals surface area contributed by atoms with E-state index < -0.39 is 21.0 Å². The summed E-state index contributed by atoms with van der Waals surface area (Å²) in [6, 6.07) is 4.94. The quantitative estimate of drug-likeness (QED) is 0.919. The van der Waals surface area contributed by atoms with Gasteiger partial charge >= 0.3 is 0 Å². The second-order valence-corrected chi connectivity index (χ2v) is 7.13. The number of benzene rings is 1. The largest absolute Gasteiger partial charge is 0.324 e. The minimum absolute atomic E-state index is 0.440. The van der Waals surface area contributed by atoms with Crippen LogP contribution >= 0.6 is 27.5 Å². The number of rotatable bonds is 3. The molecule has 1 rings (SSSR count). The monoisotopic (exact) mass is 339 g/mol. The number of carbonyl (C=O) groups is 1. The molecule has 17 heavy (non-hydrogen) atoms. The molecule has 1 amide bonds. The van der Waals surface area contributed by atoms with E-state index in [4.69, 9.17) is 11.6 Å². The first-order valence-electron chi connectivity index (χ1n) is 4.67. The number of hydrogen-bond donors (Lipinski definition) is 1. The fourth-order valence-corrected chi connectivity index (χ4v) is 2.01. The van der Waals surface area contributed by atoms with Crippen molar-refractivity contribution in [1.29, 1.82) is 0 Å². The molecule has 0 radical (unpaired) electrons. The summed E-state index contributed by atoms with van der Waals surface area (Å²) in [4.78, 5) is 11.7. The van der Waals surface area contributed by atoms with Gasteiger partial charge in [-0.1, -0.05) is 17.7 Å². The zero-order valence-electron chi connectivity index (χ0n) is 9.20.